The number of carbonyl (C=O) groups excluding carboxylic acids is 1. The predicted molar refractivity (Wildman–Crippen MR) is 100 cm³/mol. The molecule has 2 N–H and O–H groups in total. The lowest BCUT2D eigenvalue weighted by atomic mass is 10.2. The van der Waals surface area contributed by atoms with Gasteiger partial charge in [0.2, 0.25) is 0 Å². The second-order valence-electron chi connectivity index (χ2n) is 5.18. The lowest BCUT2D eigenvalue weighted by Gasteiger charge is -2.12. The molecule has 0 aliphatic carbocycles. The predicted octanol–water partition coefficient (Wildman–Crippen LogP) is 1.63. The van der Waals surface area contributed by atoms with Crippen LogP contribution in [0.1, 0.15) is 12.0 Å². The highest BCUT2D eigenvalue weighted by Gasteiger charge is 2.32. The van der Waals surface area contributed by atoms with Gasteiger partial charge in [-0.15, -0.1) is 0 Å². The normalized spacial score (nSPS) is 16.3. The van der Waals surface area contributed by atoms with Gasteiger partial charge < -0.3 is 9.84 Å². The van der Waals surface area contributed by atoms with Crippen molar-refractivity contribution in [3.63, 3.8) is 0 Å². The molecule has 0 radical (unpaired) electrons. The van der Waals surface area contributed by atoms with E-state index >= 15 is 0 Å². The van der Waals surface area contributed by atoms with Crippen molar-refractivity contribution in [3.8, 4) is 5.75 Å². The van der Waals surface area contributed by atoms with Crippen LogP contribution in [-0.4, -0.2) is 58.1 Å². The number of benzene rings is 1. The summed E-state index contributed by atoms with van der Waals surface area (Å²) in [6, 6.07) is 6.68. The van der Waals surface area contributed by atoms with Gasteiger partial charge in [-0.2, -0.15) is 8.42 Å². The van der Waals surface area contributed by atoms with Crippen molar-refractivity contribution < 1.29 is 32.4 Å². The maximum atomic E-state index is 12.3. The Morgan fingerprint density at radius 3 is 2.54 bits per heavy atom. The number of rotatable bonds is 8. The number of amides is 1. The van der Waals surface area contributed by atoms with Crippen molar-refractivity contribution in [1.82, 2.24) is 4.90 Å². The Morgan fingerprint density at radius 2 is 1.96 bits per heavy atom. The van der Waals surface area contributed by atoms with Crippen molar-refractivity contribution in [2.24, 2.45) is 0 Å². The molecule has 0 unspecified atom stereocenters. The number of carboxylic acids is 1. The van der Waals surface area contributed by atoms with E-state index in [0.717, 1.165) is 16.7 Å². The van der Waals surface area contributed by atoms with E-state index in [0.29, 0.717) is 16.2 Å². The summed E-state index contributed by atoms with van der Waals surface area (Å²) in [4.78, 5) is 24.2. The smallest absolute Gasteiger partial charge is 0.306 e. The lowest BCUT2D eigenvalue weighted by Crippen LogP contribution is -2.32. The van der Waals surface area contributed by atoms with Crippen LogP contribution in [0.4, 0.5) is 0 Å². The van der Waals surface area contributed by atoms with Crippen LogP contribution in [0, 0.1) is 0 Å². The summed E-state index contributed by atoms with van der Waals surface area (Å²) in [7, 11) is -4.19. The Kier molecular flexibility index (Phi) is 6.75. The molecule has 1 aromatic rings. The number of ether oxygens (including phenoxy) is 1. The fraction of sp³-hybridized carbons (Fsp3) is 0.267. The Balaban J connectivity index is 2.02. The van der Waals surface area contributed by atoms with Crippen LogP contribution in [0.5, 0.6) is 5.75 Å². The summed E-state index contributed by atoms with van der Waals surface area (Å²) in [5, 5.41) is 8.56. The number of aliphatic carboxylic acids is 1. The standard InChI is InChI=1S/C15H15NO7S3/c17-13(18)5-7-23-11-3-1-10(2-4-11)9-12-14(19)16(15(24)25-12)6-8-26(20,21)22/h1-4,9H,5-8H2,(H,17,18)(H,20,21,22)/b12-9-. The van der Waals surface area contributed by atoms with Gasteiger partial charge in [0.15, 0.2) is 0 Å². The number of nitrogens with zero attached hydrogens (tertiary/aromatic N) is 1. The van der Waals surface area contributed by atoms with E-state index in [4.69, 9.17) is 26.6 Å². The van der Waals surface area contributed by atoms with Crippen LogP contribution >= 0.6 is 24.0 Å². The lowest BCUT2D eigenvalue weighted by molar-refractivity contribution is -0.137. The largest absolute Gasteiger partial charge is 0.493 e. The van der Waals surface area contributed by atoms with Gasteiger partial charge in [0.05, 0.1) is 23.7 Å². The Hall–Kier alpha value is -1.95. The van der Waals surface area contributed by atoms with Crippen LogP contribution < -0.4 is 4.74 Å². The van der Waals surface area contributed by atoms with E-state index in [1.165, 1.54) is 0 Å². The first-order valence-corrected chi connectivity index (χ1v) is 10.1. The number of carboxylic acid groups (broad SMARTS) is 1. The number of hydrogen-bond acceptors (Lipinski definition) is 7. The summed E-state index contributed by atoms with van der Waals surface area (Å²) >= 11 is 6.12. The van der Waals surface area contributed by atoms with Crippen molar-refractivity contribution >= 4 is 56.4 Å². The maximum absolute atomic E-state index is 12.3. The van der Waals surface area contributed by atoms with Crippen LogP contribution in [0.25, 0.3) is 6.08 Å². The summed E-state index contributed by atoms with van der Waals surface area (Å²) in [5.41, 5.74) is 0.700. The van der Waals surface area contributed by atoms with E-state index in [-0.39, 0.29) is 23.9 Å². The molecule has 1 fully saturated rings. The van der Waals surface area contributed by atoms with Gasteiger partial charge in [0, 0.05) is 6.54 Å². The minimum absolute atomic E-state index is 0.0566. The van der Waals surface area contributed by atoms with Gasteiger partial charge in [0.25, 0.3) is 16.0 Å². The van der Waals surface area contributed by atoms with Crippen LogP contribution in [0.2, 0.25) is 0 Å². The number of carbonyl (C=O) groups is 2. The zero-order valence-corrected chi connectivity index (χ0v) is 15.8. The molecule has 26 heavy (non-hydrogen) atoms. The molecule has 0 aromatic heterocycles. The summed E-state index contributed by atoms with van der Waals surface area (Å²) < 4.78 is 35.9. The van der Waals surface area contributed by atoms with Crippen LogP contribution in [-0.2, 0) is 19.7 Å². The first-order chi connectivity index (χ1) is 12.2. The first-order valence-electron chi connectivity index (χ1n) is 7.31. The minimum atomic E-state index is -4.19. The van der Waals surface area contributed by atoms with Gasteiger partial charge in [-0.05, 0) is 23.8 Å². The molecule has 1 saturated heterocycles. The van der Waals surface area contributed by atoms with Crippen LogP contribution in [0.15, 0.2) is 29.2 Å². The molecule has 140 valence electrons. The minimum Gasteiger partial charge on any atom is -0.493 e. The average Bonchev–Trinajstić information content (AvgIpc) is 2.80. The zero-order chi connectivity index (χ0) is 19.3. The SMILES string of the molecule is O=C(O)CCOc1ccc(/C=C2\SC(=S)N(CCS(=O)(=O)O)C2=O)cc1. The fourth-order valence-electron chi connectivity index (χ4n) is 1.97. The Morgan fingerprint density at radius 1 is 1.31 bits per heavy atom. The molecule has 1 heterocycles. The quantitative estimate of drug-likeness (QED) is 0.369. The van der Waals surface area contributed by atoms with E-state index in [2.05, 4.69) is 0 Å². The first kappa shape index (κ1) is 20.4. The van der Waals surface area contributed by atoms with Crippen LogP contribution in [0.3, 0.4) is 0 Å². The topological polar surface area (TPSA) is 121 Å². The monoisotopic (exact) mass is 417 g/mol. The molecule has 0 bridgehead atoms. The molecule has 0 spiro atoms. The zero-order valence-electron chi connectivity index (χ0n) is 13.3. The second kappa shape index (κ2) is 8.62. The molecule has 1 aliphatic heterocycles. The molecule has 8 nitrogen and oxygen atoms in total. The highest BCUT2D eigenvalue weighted by molar-refractivity contribution is 8.26. The van der Waals surface area contributed by atoms with Gasteiger partial charge in [-0.3, -0.25) is 19.0 Å². The average molecular weight is 417 g/mol. The molecule has 0 atom stereocenters. The molecule has 0 saturated carbocycles. The van der Waals surface area contributed by atoms with Gasteiger partial charge in [-0.25, -0.2) is 0 Å². The van der Waals surface area contributed by atoms with Gasteiger partial charge in [0.1, 0.15) is 10.1 Å². The molecular weight excluding hydrogens is 402 g/mol. The third-order valence-corrected chi connectivity index (χ3v) is 5.29. The van der Waals surface area contributed by atoms with Crippen molar-refractivity contribution in [3.05, 3.63) is 34.7 Å². The molecular formula is C15H15NO7S3. The van der Waals surface area contributed by atoms with E-state index in [9.17, 15) is 18.0 Å². The third kappa shape index (κ3) is 6.09. The summed E-state index contributed by atoms with van der Waals surface area (Å²) in [5.74, 6) is -1.46. The number of thioether (sulfide) groups is 1. The van der Waals surface area contributed by atoms with E-state index in [1.807, 2.05) is 0 Å². The van der Waals surface area contributed by atoms with Gasteiger partial charge >= 0.3 is 5.97 Å². The number of thiocarbonyl (C=S) groups is 1. The van der Waals surface area contributed by atoms with E-state index < -0.39 is 27.7 Å². The Labute approximate surface area is 159 Å². The fourth-order valence-corrected chi connectivity index (χ4v) is 3.69. The third-order valence-electron chi connectivity index (χ3n) is 3.21. The molecule has 1 aromatic carbocycles. The second-order valence-corrected chi connectivity index (χ2v) is 8.43. The van der Waals surface area contributed by atoms with Crippen molar-refractivity contribution in [1.29, 1.82) is 0 Å². The summed E-state index contributed by atoms with van der Waals surface area (Å²) in [6.07, 6.45) is 1.50. The molecule has 1 amide bonds. The van der Waals surface area contributed by atoms with Gasteiger partial charge in [-0.1, -0.05) is 36.1 Å². The van der Waals surface area contributed by atoms with E-state index in [1.54, 1.807) is 30.3 Å². The van der Waals surface area contributed by atoms with Crippen molar-refractivity contribution in [2.45, 2.75) is 6.42 Å². The van der Waals surface area contributed by atoms with Crippen molar-refractivity contribution in [2.75, 3.05) is 18.9 Å². The number of hydrogen-bond donors (Lipinski definition) is 2. The maximum Gasteiger partial charge on any atom is 0.306 e. The highest BCUT2D eigenvalue weighted by Crippen LogP contribution is 2.32. The molecule has 2 rings (SSSR count). The summed E-state index contributed by atoms with van der Waals surface area (Å²) in [6.45, 7) is -0.154. The molecule has 11 heteroatoms. The Bertz CT molecular complexity index is 846. The highest BCUT2D eigenvalue weighted by atomic mass is 32.2. The molecule has 1 aliphatic rings.